The first kappa shape index (κ1) is 22.2. The average molecular weight is 478 g/mol. The molecule has 3 aromatic rings. The zero-order valence-electron chi connectivity index (χ0n) is 18.5. The highest BCUT2D eigenvalue weighted by atomic mass is 35.5. The molecule has 2 aromatic carbocycles. The van der Waals surface area contributed by atoms with Gasteiger partial charge in [-0.05, 0) is 42.5 Å². The van der Waals surface area contributed by atoms with Crippen LogP contribution in [-0.2, 0) is 9.59 Å². The summed E-state index contributed by atoms with van der Waals surface area (Å²) in [4.78, 5) is 31.2. The Morgan fingerprint density at radius 3 is 2.32 bits per heavy atom. The number of carbonyl (C=O) groups excluding carboxylic acids is 2. The lowest BCUT2D eigenvalue weighted by Gasteiger charge is -2.36. The SMILES string of the molecule is O=C(C1CC(=O)N(c2ccc(Cl)cc2)C1)N1CCN(c2ccc(Oc3ccccc3)nn2)CC1. The molecule has 0 saturated carbocycles. The fraction of sp³-hybridized carbons (Fsp3) is 0.280. The van der Waals surface area contributed by atoms with Crippen molar-refractivity contribution < 1.29 is 14.3 Å². The summed E-state index contributed by atoms with van der Waals surface area (Å²) in [5.41, 5.74) is 0.771. The molecule has 9 heteroatoms. The second-order valence-electron chi connectivity index (χ2n) is 8.34. The molecule has 2 saturated heterocycles. The van der Waals surface area contributed by atoms with E-state index in [2.05, 4.69) is 15.1 Å². The van der Waals surface area contributed by atoms with Gasteiger partial charge in [-0.1, -0.05) is 29.8 Å². The number of benzene rings is 2. The molecule has 1 unspecified atom stereocenters. The van der Waals surface area contributed by atoms with Crippen molar-refractivity contribution in [1.29, 1.82) is 0 Å². The van der Waals surface area contributed by atoms with E-state index in [9.17, 15) is 9.59 Å². The number of carbonyl (C=O) groups is 2. The number of rotatable bonds is 5. The number of hydrogen-bond acceptors (Lipinski definition) is 6. The molecule has 0 bridgehead atoms. The van der Waals surface area contributed by atoms with Crippen LogP contribution in [0.1, 0.15) is 6.42 Å². The van der Waals surface area contributed by atoms with Crippen molar-refractivity contribution in [3.8, 4) is 11.6 Å². The summed E-state index contributed by atoms with van der Waals surface area (Å²) in [6, 6.07) is 20.2. The van der Waals surface area contributed by atoms with E-state index in [0.29, 0.717) is 49.4 Å². The number of nitrogens with zero attached hydrogens (tertiary/aromatic N) is 5. The van der Waals surface area contributed by atoms with E-state index in [-0.39, 0.29) is 24.2 Å². The summed E-state index contributed by atoms with van der Waals surface area (Å²) in [5.74, 6) is 1.55. The molecule has 174 valence electrons. The van der Waals surface area contributed by atoms with Crippen LogP contribution in [0.4, 0.5) is 11.5 Å². The number of para-hydroxylation sites is 1. The smallest absolute Gasteiger partial charge is 0.238 e. The minimum Gasteiger partial charge on any atom is -0.438 e. The molecule has 0 spiro atoms. The molecule has 2 amide bonds. The van der Waals surface area contributed by atoms with Crippen LogP contribution in [0.5, 0.6) is 11.6 Å². The molecule has 2 aliphatic rings. The second-order valence-corrected chi connectivity index (χ2v) is 8.78. The third-order valence-corrected chi connectivity index (χ3v) is 6.37. The maximum Gasteiger partial charge on any atom is 0.238 e. The minimum atomic E-state index is -0.330. The lowest BCUT2D eigenvalue weighted by molar-refractivity contribution is -0.136. The highest BCUT2D eigenvalue weighted by Crippen LogP contribution is 2.28. The zero-order chi connectivity index (χ0) is 23.5. The lowest BCUT2D eigenvalue weighted by Crippen LogP contribution is -2.51. The predicted octanol–water partition coefficient (Wildman–Crippen LogP) is 3.62. The summed E-state index contributed by atoms with van der Waals surface area (Å²) >= 11 is 5.95. The van der Waals surface area contributed by atoms with Gasteiger partial charge in [-0.25, -0.2) is 0 Å². The van der Waals surface area contributed by atoms with Gasteiger partial charge in [-0.15, -0.1) is 10.2 Å². The van der Waals surface area contributed by atoms with Crippen LogP contribution in [0.25, 0.3) is 0 Å². The molecule has 0 radical (unpaired) electrons. The Labute approximate surface area is 202 Å². The van der Waals surface area contributed by atoms with Crippen molar-refractivity contribution in [2.45, 2.75) is 6.42 Å². The first-order valence-electron chi connectivity index (χ1n) is 11.2. The number of anilines is 2. The Hall–Kier alpha value is -3.65. The number of ether oxygens (including phenoxy) is 1. The third-order valence-electron chi connectivity index (χ3n) is 6.12. The molecule has 2 aliphatic heterocycles. The quantitative estimate of drug-likeness (QED) is 0.558. The monoisotopic (exact) mass is 477 g/mol. The minimum absolute atomic E-state index is 0.0298. The molecule has 34 heavy (non-hydrogen) atoms. The van der Waals surface area contributed by atoms with E-state index in [1.165, 1.54) is 0 Å². The molecule has 0 aliphatic carbocycles. The molecule has 1 aromatic heterocycles. The van der Waals surface area contributed by atoms with E-state index in [0.717, 1.165) is 11.5 Å². The van der Waals surface area contributed by atoms with Gasteiger partial charge in [-0.3, -0.25) is 9.59 Å². The van der Waals surface area contributed by atoms with E-state index in [1.54, 1.807) is 23.1 Å². The summed E-state index contributed by atoms with van der Waals surface area (Å²) in [7, 11) is 0. The summed E-state index contributed by atoms with van der Waals surface area (Å²) in [6.45, 7) is 2.86. The van der Waals surface area contributed by atoms with Crippen molar-refractivity contribution in [1.82, 2.24) is 15.1 Å². The number of piperazine rings is 1. The largest absolute Gasteiger partial charge is 0.438 e. The van der Waals surface area contributed by atoms with Crippen molar-refractivity contribution in [3.63, 3.8) is 0 Å². The van der Waals surface area contributed by atoms with Gasteiger partial charge in [0.1, 0.15) is 5.75 Å². The van der Waals surface area contributed by atoms with Gasteiger partial charge in [0.2, 0.25) is 17.7 Å². The second kappa shape index (κ2) is 9.69. The number of hydrogen-bond donors (Lipinski definition) is 0. The summed E-state index contributed by atoms with van der Waals surface area (Å²) in [5, 5.41) is 9.08. The van der Waals surface area contributed by atoms with Crippen LogP contribution < -0.4 is 14.5 Å². The molecule has 5 rings (SSSR count). The fourth-order valence-corrected chi connectivity index (χ4v) is 4.43. The number of amides is 2. The highest BCUT2D eigenvalue weighted by Gasteiger charge is 2.38. The van der Waals surface area contributed by atoms with Gasteiger partial charge in [0, 0.05) is 55.9 Å². The third kappa shape index (κ3) is 4.82. The summed E-state index contributed by atoms with van der Waals surface area (Å²) in [6.07, 6.45) is 0.232. The first-order valence-corrected chi connectivity index (χ1v) is 11.6. The Morgan fingerprint density at radius 2 is 1.65 bits per heavy atom. The van der Waals surface area contributed by atoms with Crippen molar-refractivity contribution >= 4 is 34.9 Å². The van der Waals surface area contributed by atoms with Gasteiger partial charge in [0.15, 0.2) is 5.82 Å². The van der Waals surface area contributed by atoms with Gasteiger partial charge < -0.3 is 19.4 Å². The molecule has 2 fully saturated rings. The first-order chi connectivity index (χ1) is 16.6. The fourth-order valence-electron chi connectivity index (χ4n) is 4.30. The van der Waals surface area contributed by atoms with Crippen molar-refractivity contribution in [2.75, 3.05) is 42.5 Å². The van der Waals surface area contributed by atoms with E-state index < -0.39 is 0 Å². The Balaban J connectivity index is 1.15. The van der Waals surface area contributed by atoms with E-state index >= 15 is 0 Å². The molecule has 3 heterocycles. The maximum atomic E-state index is 13.1. The average Bonchev–Trinajstić information content (AvgIpc) is 3.27. The Kier molecular flexibility index (Phi) is 6.31. The van der Waals surface area contributed by atoms with Gasteiger partial charge in [0.25, 0.3) is 0 Å². The van der Waals surface area contributed by atoms with E-state index in [1.807, 2.05) is 53.4 Å². The standard InChI is InChI=1S/C25H24ClN5O3/c26-19-6-8-20(9-7-19)31-17-18(16-24(31)32)25(33)30-14-12-29(13-15-30)22-10-11-23(28-27-22)34-21-4-2-1-3-5-21/h1-11,18H,12-17H2. The van der Waals surface area contributed by atoms with Crippen molar-refractivity contribution in [3.05, 3.63) is 71.8 Å². The molecule has 0 N–H and O–H groups in total. The van der Waals surface area contributed by atoms with Gasteiger partial charge in [-0.2, -0.15) is 0 Å². The van der Waals surface area contributed by atoms with Crippen LogP contribution >= 0.6 is 11.6 Å². The van der Waals surface area contributed by atoms with Crippen LogP contribution in [-0.4, -0.2) is 59.6 Å². The molecule has 1 atom stereocenters. The van der Waals surface area contributed by atoms with Crippen LogP contribution in [0.15, 0.2) is 66.7 Å². The maximum absolute atomic E-state index is 13.1. The van der Waals surface area contributed by atoms with Gasteiger partial charge in [0.05, 0.1) is 5.92 Å². The summed E-state index contributed by atoms with van der Waals surface area (Å²) < 4.78 is 5.70. The number of aromatic nitrogens is 2. The topological polar surface area (TPSA) is 78.9 Å². The molecule has 8 nitrogen and oxygen atoms in total. The van der Waals surface area contributed by atoms with E-state index in [4.69, 9.17) is 16.3 Å². The van der Waals surface area contributed by atoms with Gasteiger partial charge >= 0.3 is 0 Å². The molecular weight excluding hydrogens is 454 g/mol. The Bertz CT molecular complexity index is 1150. The van der Waals surface area contributed by atoms with Crippen LogP contribution in [0.3, 0.4) is 0 Å². The van der Waals surface area contributed by atoms with Crippen LogP contribution in [0.2, 0.25) is 5.02 Å². The van der Waals surface area contributed by atoms with Crippen LogP contribution in [0, 0.1) is 5.92 Å². The highest BCUT2D eigenvalue weighted by molar-refractivity contribution is 6.30. The lowest BCUT2D eigenvalue weighted by atomic mass is 10.1. The molecular formula is C25H24ClN5O3. The Morgan fingerprint density at radius 1 is 0.912 bits per heavy atom. The zero-order valence-corrected chi connectivity index (χ0v) is 19.3. The number of halogens is 1. The predicted molar refractivity (Wildman–Crippen MR) is 129 cm³/mol. The normalized spacial score (nSPS) is 18.3. The van der Waals surface area contributed by atoms with Crippen molar-refractivity contribution in [2.24, 2.45) is 5.92 Å².